The summed E-state index contributed by atoms with van der Waals surface area (Å²) in [7, 11) is 3.22. The maximum Gasteiger partial charge on any atom is 0.239 e. The number of hydrogen-bond donors (Lipinski definition) is 1. The van der Waals surface area contributed by atoms with E-state index in [4.69, 9.17) is 19.5 Å². The zero-order valence-electron chi connectivity index (χ0n) is 18.9. The summed E-state index contributed by atoms with van der Waals surface area (Å²) in [6.07, 6.45) is 3.52. The van der Waals surface area contributed by atoms with Gasteiger partial charge in [-0.1, -0.05) is 24.6 Å². The quantitative estimate of drug-likeness (QED) is 0.764. The molecule has 0 spiro atoms. The molecule has 2 aromatic rings. The van der Waals surface area contributed by atoms with Crippen LogP contribution in [0.15, 0.2) is 52.4 Å². The molecule has 168 valence electrons. The highest BCUT2D eigenvalue weighted by molar-refractivity contribution is 6.17. The number of likely N-dealkylation sites (tertiary alicyclic amines) is 1. The fourth-order valence-corrected chi connectivity index (χ4v) is 4.33. The summed E-state index contributed by atoms with van der Waals surface area (Å²) in [4.78, 5) is 24.9. The van der Waals surface area contributed by atoms with Crippen molar-refractivity contribution < 1.29 is 14.3 Å². The third-order valence-corrected chi connectivity index (χ3v) is 5.93. The molecule has 0 aliphatic carbocycles. The van der Waals surface area contributed by atoms with E-state index in [9.17, 15) is 4.79 Å². The number of fused-ring (bicyclic) bond motifs is 1. The van der Waals surface area contributed by atoms with Crippen LogP contribution in [0, 0.1) is 0 Å². The van der Waals surface area contributed by atoms with Crippen molar-refractivity contribution in [3.05, 3.63) is 48.0 Å². The summed E-state index contributed by atoms with van der Waals surface area (Å²) in [5, 5.41) is 3.11. The van der Waals surface area contributed by atoms with Crippen molar-refractivity contribution in [3.8, 4) is 11.5 Å². The minimum absolute atomic E-state index is 0.0525. The lowest BCUT2D eigenvalue weighted by atomic mass is 9.92. The summed E-state index contributed by atoms with van der Waals surface area (Å²) < 4.78 is 10.9. The number of aliphatic imine (C=N–C) groups is 2. The SMILES string of the molecule is COc1ccc([C@@H]2C(C)=Nc3ccccc3N=C2NC(=O)CN2CCCCC2)cc1OC. The molecule has 2 aliphatic heterocycles. The fourth-order valence-electron chi connectivity index (χ4n) is 4.33. The number of nitrogens with one attached hydrogen (secondary N) is 1. The van der Waals surface area contributed by atoms with Crippen LogP contribution in [0.5, 0.6) is 11.5 Å². The lowest BCUT2D eigenvalue weighted by molar-refractivity contribution is -0.121. The van der Waals surface area contributed by atoms with Gasteiger partial charge in [0.25, 0.3) is 0 Å². The van der Waals surface area contributed by atoms with Crippen molar-refractivity contribution in [1.29, 1.82) is 0 Å². The van der Waals surface area contributed by atoms with Gasteiger partial charge in [-0.2, -0.15) is 0 Å². The molecule has 0 unspecified atom stereocenters. The van der Waals surface area contributed by atoms with Gasteiger partial charge in [0, 0.05) is 5.71 Å². The van der Waals surface area contributed by atoms with E-state index in [0.29, 0.717) is 23.9 Å². The topological polar surface area (TPSA) is 75.5 Å². The number of piperidine rings is 1. The third-order valence-electron chi connectivity index (χ3n) is 5.93. The Bertz CT molecular complexity index is 1040. The summed E-state index contributed by atoms with van der Waals surface area (Å²) in [5.41, 5.74) is 3.30. The smallest absolute Gasteiger partial charge is 0.239 e. The van der Waals surface area contributed by atoms with Crippen molar-refractivity contribution >= 4 is 28.8 Å². The van der Waals surface area contributed by atoms with E-state index in [1.165, 1.54) is 6.42 Å². The predicted molar refractivity (Wildman–Crippen MR) is 127 cm³/mol. The van der Waals surface area contributed by atoms with E-state index in [1.807, 2.05) is 49.4 Å². The highest BCUT2D eigenvalue weighted by atomic mass is 16.5. The molecule has 4 rings (SSSR count). The van der Waals surface area contributed by atoms with Gasteiger partial charge in [-0.05, 0) is 62.7 Å². The van der Waals surface area contributed by atoms with E-state index >= 15 is 0 Å². The molecule has 0 aromatic heterocycles. The molecule has 2 aliphatic rings. The molecule has 7 nitrogen and oxygen atoms in total. The van der Waals surface area contributed by atoms with Gasteiger partial charge in [0.05, 0.1) is 38.1 Å². The van der Waals surface area contributed by atoms with Crippen LogP contribution in [0.3, 0.4) is 0 Å². The lowest BCUT2D eigenvalue weighted by Gasteiger charge is -2.26. The van der Waals surface area contributed by atoms with E-state index in [0.717, 1.165) is 48.6 Å². The van der Waals surface area contributed by atoms with Gasteiger partial charge < -0.3 is 14.8 Å². The van der Waals surface area contributed by atoms with Crippen LogP contribution in [-0.4, -0.2) is 56.2 Å². The number of methoxy groups -OCH3 is 2. The summed E-state index contributed by atoms with van der Waals surface area (Å²) >= 11 is 0. The standard InChI is InChI=1S/C25H30N4O3/c1-17-24(18-11-12-21(31-2)22(15-18)32-3)25(27-20-10-6-5-9-19(20)26-17)28-23(30)16-29-13-7-4-8-14-29/h5-6,9-12,15,24H,4,7-8,13-14,16H2,1-3H3,(H,27,28,30)/t24-/m0/s1. The van der Waals surface area contributed by atoms with Crippen molar-refractivity contribution in [1.82, 2.24) is 10.2 Å². The minimum atomic E-state index is -0.312. The molecular formula is C25H30N4O3. The predicted octanol–water partition coefficient (Wildman–Crippen LogP) is 4.23. The van der Waals surface area contributed by atoms with Gasteiger partial charge in [-0.15, -0.1) is 0 Å². The second kappa shape index (κ2) is 9.96. The molecule has 7 heteroatoms. The van der Waals surface area contributed by atoms with Crippen LogP contribution >= 0.6 is 0 Å². The number of carbonyl (C=O) groups excluding carboxylic acids is 1. The fraction of sp³-hybridized carbons (Fsp3) is 0.400. The summed E-state index contributed by atoms with van der Waals surface area (Å²) in [6, 6.07) is 13.5. The monoisotopic (exact) mass is 434 g/mol. The molecule has 0 radical (unpaired) electrons. The Morgan fingerprint density at radius 2 is 1.69 bits per heavy atom. The van der Waals surface area contributed by atoms with Gasteiger partial charge >= 0.3 is 0 Å². The molecule has 1 N–H and O–H groups in total. The number of amides is 1. The zero-order chi connectivity index (χ0) is 22.5. The maximum atomic E-state index is 13.0. The third kappa shape index (κ3) is 4.83. The average molecular weight is 435 g/mol. The first-order chi connectivity index (χ1) is 15.6. The average Bonchev–Trinajstić information content (AvgIpc) is 2.94. The zero-order valence-corrected chi connectivity index (χ0v) is 18.9. The number of benzene rings is 2. The number of rotatable bonds is 5. The first kappa shape index (κ1) is 22.0. The van der Waals surface area contributed by atoms with E-state index in [1.54, 1.807) is 14.2 Å². The molecular weight excluding hydrogens is 404 g/mol. The van der Waals surface area contributed by atoms with Crippen molar-refractivity contribution in [2.24, 2.45) is 9.98 Å². The normalized spacial score (nSPS) is 18.7. The van der Waals surface area contributed by atoms with Crippen LogP contribution in [-0.2, 0) is 4.79 Å². The van der Waals surface area contributed by atoms with Crippen LogP contribution in [0.2, 0.25) is 0 Å². The molecule has 1 atom stereocenters. The molecule has 1 amide bonds. The number of amidine groups is 1. The number of carbonyl (C=O) groups is 1. The first-order valence-corrected chi connectivity index (χ1v) is 11.1. The lowest BCUT2D eigenvalue weighted by Crippen LogP contribution is -2.44. The molecule has 1 fully saturated rings. The first-order valence-electron chi connectivity index (χ1n) is 11.1. The van der Waals surface area contributed by atoms with Crippen LogP contribution in [0.1, 0.15) is 37.7 Å². The molecule has 2 heterocycles. The van der Waals surface area contributed by atoms with Gasteiger partial charge in [0.15, 0.2) is 11.5 Å². The van der Waals surface area contributed by atoms with Gasteiger partial charge in [-0.25, -0.2) is 4.99 Å². The minimum Gasteiger partial charge on any atom is -0.493 e. The van der Waals surface area contributed by atoms with Crippen molar-refractivity contribution in [3.63, 3.8) is 0 Å². The maximum absolute atomic E-state index is 13.0. The Morgan fingerprint density at radius 3 is 2.38 bits per heavy atom. The van der Waals surface area contributed by atoms with Crippen LogP contribution in [0.25, 0.3) is 0 Å². The largest absolute Gasteiger partial charge is 0.493 e. The van der Waals surface area contributed by atoms with E-state index < -0.39 is 0 Å². The number of nitrogens with zero attached hydrogens (tertiary/aromatic N) is 3. The molecule has 1 saturated heterocycles. The number of para-hydroxylation sites is 2. The second-order valence-electron chi connectivity index (χ2n) is 8.17. The molecule has 0 saturated carbocycles. The van der Waals surface area contributed by atoms with Gasteiger partial charge in [0.1, 0.15) is 5.84 Å². The Morgan fingerprint density at radius 1 is 1.00 bits per heavy atom. The van der Waals surface area contributed by atoms with Crippen LogP contribution < -0.4 is 14.8 Å². The Kier molecular flexibility index (Phi) is 6.85. The van der Waals surface area contributed by atoms with E-state index in [2.05, 4.69) is 10.2 Å². The summed E-state index contributed by atoms with van der Waals surface area (Å²) in [6.45, 7) is 4.26. The molecule has 2 aromatic carbocycles. The number of hydrogen-bond acceptors (Lipinski definition) is 6. The van der Waals surface area contributed by atoms with Crippen molar-refractivity contribution in [2.75, 3.05) is 33.9 Å². The Hall–Kier alpha value is -3.19. The van der Waals surface area contributed by atoms with Crippen molar-refractivity contribution in [2.45, 2.75) is 32.1 Å². The Balaban J connectivity index is 1.70. The molecule has 0 bridgehead atoms. The van der Waals surface area contributed by atoms with E-state index in [-0.39, 0.29) is 11.8 Å². The Labute approximate surface area is 189 Å². The summed E-state index contributed by atoms with van der Waals surface area (Å²) in [5.74, 6) is 1.48. The second-order valence-corrected chi connectivity index (χ2v) is 8.17. The van der Waals surface area contributed by atoms with Gasteiger partial charge in [0.2, 0.25) is 5.91 Å². The molecule has 32 heavy (non-hydrogen) atoms. The highest BCUT2D eigenvalue weighted by Crippen LogP contribution is 2.36. The number of ether oxygens (including phenoxy) is 2. The van der Waals surface area contributed by atoms with Crippen LogP contribution in [0.4, 0.5) is 11.4 Å². The highest BCUT2D eigenvalue weighted by Gasteiger charge is 2.28. The van der Waals surface area contributed by atoms with Gasteiger partial charge in [-0.3, -0.25) is 14.7 Å².